The highest BCUT2D eigenvalue weighted by Crippen LogP contribution is 2.34. The Morgan fingerprint density at radius 3 is 2.83 bits per heavy atom. The van der Waals surface area contributed by atoms with Crippen LogP contribution in [0.15, 0.2) is 59.1 Å². The first kappa shape index (κ1) is 18.4. The van der Waals surface area contributed by atoms with Crippen LogP contribution in [0.2, 0.25) is 0 Å². The van der Waals surface area contributed by atoms with Crippen LogP contribution in [0, 0.1) is 5.92 Å². The van der Waals surface area contributed by atoms with Crippen molar-refractivity contribution in [2.45, 2.75) is 38.9 Å². The number of carbonyl (C=O) groups excluding carboxylic acids is 1. The van der Waals surface area contributed by atoms with Gasteiger partial charge >= 0.3 is 0 Å². The second kappa shape index (κ2) is 7.30. The summed E-state index contributed by atoms with van der Waals surface area (Å²) in [5.74, 6) is 0.287. The average molecular weight is 332 g/mol. The molecule has 130 valence electrons. The van der Waals surface area contributed by atoms with Gasteiger partial charge in [-0.15, -0.1) is 0 Å². The van der Waals surface area contributed by atoms with Gasteiger partial charge in [0.15, 0.2) is 11.4 Å². The van der Waals surface area contributed by atoms with Gasteiger partial charge in [0.05, 0.1) is 6.26 Å². The number of aliphatic hydroxyl groups is 3. The monoisotopic (exact) mass is 332 g/mol. The lowest BCUT2D eigenvalue weighted by Crippen LogP contribution is -2.50. The molecule has 0 radical (unpaired) electrons. The van der Waals surface area contributed by atoms with Gasteiger partial charge in [0.2, 0.25) is 0 Å². The summed E-state index contributed by atoms with van der Waals surface area (Å²) in [4.78, 5) is 11.9. The van der Waals surface area contributed by atoms with E-state index in [0.717, 1.165) is 5.57 Å². The van der Waals surface area contributed by atoms with E-state index in [0.29, 0.717) is 23.3 Å². The number of aliphatic hydroxyl groups excluding tert-OH is 2. The summed E-state index contributed by atoms with van der Waals surface area (Å²) in [7, 11) is 0. The quantitative estimate of drug-likeness (QED) is 0.670. The molecule has 3 N–H and O–H groups in total. The maximum atomic E-state index is 11.9. The first-order valence-electron chi connectivity index (χ1n) is 7.98. The van der Waals surface area contributed by atoms with Crippen molar-refractivity contribution in [3.8, 4) is 0 Å². The fourth-order valence-electron chi connectivity index (χ4n) is 2.63. The highest BCUT2D eigenvalue weighted by Gasteiger charge is 2.44. The fourth-order valence-corrected chi connectivity index (χ4v) is 2.63. The molecule has 0 fully saturated rings. The largest absolute Gasteiger partial charge is 0.465 e. The Morgan fingerprint density at radius 2 is 2.17 bits per heavy atom. The lowest BCUT2D eigenvalue weighted by atomic mass is 9.79. The van der Waals surface area contributed by atoms with Crippen molar-refractivity contribution in [2.75, 3.05) is 6.61 Å². The molecular formula is C19H24O5. The molecule has 0 spiro atoms. The molecule has 0 aromatic carbocycles. The highest BCUT2D eigenvalue weighted by molar-refractivity contribution is 6.01. The smallest absolute Gasteiger partial charge is 0.190 e. The number of carbonyl (C=O) groups is 1. The van der Waals surface area contributed by atoms with Crippen LogP contribution in [0.25, 0.3) is 0 Å². The van der Waals surface area contributed by atoms with E-state index in [2.05, 4.69) is 6.08 Å². The standard InChI is InChI=1S/C19H24O5/c1-12(8-13(2)6-7-20)4-5-15-9-14-10-17(21)19(3,23)18(22)16(14)11-24-15/h4-5,8-11,13,18,20,22-23H,6-7H2,1-3H3/b5-4+,12-8-. The van der Waals surface area contributed by atoms with Gasteiger partial charge in [-0.25, -0.2) is 0 Å². The normalized spacial score (nSPS) is 28.8. The number of hydrogen-bond acceptors (Lipinski definition) is 5. The van der Waals surface area contributed by atoms with Gasteiger partial charge < -0.3 is 20.1 Å². The van der Waals surface area contributed by atoms with Gasteiger partial charge in [-0.2, -0.15) is 0 Å². The van der Waals surface area contributed by atoms with E-state index in [4.69, 9.17) is 9.84 Å². The van der Waals surface area contributed by atoms with Crippen LogP contribution in [-0.2, 0) is 9.53 Å². The van der Waals surface area contributed by atoms with E-state index < -0.39 is 17.5 Å². The van der Waals surface area contributed by atoms with Crippen LogP contribution in [0.1, 0.15) is 27.2 Å². The SMILES string of the molecule is CC(=C/C(C)CCO)/C=C/C1=CC2=CC(=O)C(C)(O)C(O)C2=CO1. The van der Waals surface area contributed by atoms with Gasteiger partial charge in [-0.3, -0.25) is 4.79 Å². The van der Waals surface area contributed by atoms with Crippen molar-refractivity contribution in [2.24, 2.45) is 5.92 Å². The number of hydrogen-bond donors (Lipinski definition) is 3. The van der Waals surface area contributed by atoms with Crippen molar-refractivity contribution in [1.29, 1.82) is 0 Å². The minimum Gasteiger partial charge on any atom is -0.465 e. The second-order valence-electron chi connectivity index (χ2n) is 6.49. The summed E-state index contributed by atoms with van der Waals surface area (Å²) in [6.07, 6.45) is 9.46. The van der Waals surface area contributed by atoms with Gasteiger partial charge in [-0.1, -0.05) is 24.6 Å². The van der Waals surface area contributed by atoms with E-state index in [1.54, 1.807) is 12.2 Å². The van der Waals surface area contributed by atoms with Gasteiger partial charge in [0.1, 0.15) is 11.9 Å². The molecule has 0 saturated heterocycles. The zero-order chi connectivity index (χ0) is 17.9. The Labute approximate surface area is 142 Å². The maximum absolute atomic E-state index is 11.9. The number of ether oxygens (including phenoxy) is 1. The first-order valence-corrected chi connectivity index (χ1v) is 7.98. The van der Waals surface area contributed by atoms with Crippen LogP contribution >= 0.6 is 0 Å². The number of rotatable bonds is 5. The summed E-state index contributed by atoms with van der Waals surface area (Å²) < 4.78 is 5.47. The predicted molar refractivity (Wildman–Crippen MR) is 90.7 cm³/mol. The van der Waals surface area contributed by atoms with Crippen LogP contribution in [0.5, 0.6) is 0 Å². The van der Waals surface area contributed by atoms with Crippen LogP contribution in [0.3, 0.4) is 0 Å². The molecule has 0 amide bonds. The number of fused-ring (bicyclic) bond motifs is 1. The molecule has 0 saturated carbocycles. The third kappa shape index (κ3) is 3.93. The molecule has 2 aliphatic rings. The summed E-state index contributed by atoms with van der Waals surface area (Å²) in [5.41, 5.74) is 0.134. The van der Waals surface area contributed by atoms with Gasteiger partial charge in [0.25, 0.3) is 0 Å². The highest BCUT2D eigenvalue weighted by atomic mass is 16.5. The second-order valence-corrected chi connectivity index (χ2v) is 6.49. The molecule has 2 rings (SSSR count). The Balaban J connectivity index is 2.15. The van der Waals surface area contributed by atoms with Crippen LogP contribution < -0.4 is 0 Å². The molecule has 24 heavy (non-hydrogen) atoms. The van der Waals surface area contributed by atoms with Crippen molar-refractivity contribution >= 4 is 5.78 Å². The van der Waals surface area contributed by atoms with Crippen molar-refractivity contribution in [3.05, 3.63) is 59.1 Å². The fraction of sp³-hybridized carbons (Fsp3) is 0.421. The first-order chi connectivity index (χ1) is 11.3. The summed E-state index contributed by atoms with van der Waals surface area (Å²) in [6.45, 7) is 5.43. The molecule has 5 nitrogen and oxygen atoms in total. The molecule has 1 aliphatic carbocycles. The number of allylic oxidation sites excluding steroid dienone is 5. The third-order valence-corrected chi connectivity index (χ3v) is 4.21. The number of ketones is 1. The van der Waals surface area contributed by atoms with Crippen molar-refractivity contribution in [3.63, 3.8) is 0 Å². The third-order valence-electron chi connectivity index (χ3n) is 4.21. The van der Waals surface area contributed by atoms with E-state index in [1.165, 1.54) is 19.3 Å². The zero-order valence-corrected chi connectivity index (χ0v) is 14.2. The van der Waals surface area contributed by atoms with E-state index in [1.807, 2.05) is 19.9 Å². The van der Waals surface area contributed by atoms with E-state index >= 15 is 0 Å². The van der Waals surface area contributed by atoms with Crippen LogP contribution in [-0.4, -0.2) is 39.4 Å². The lowest BCUT2D eigenvalue weighted by molar-refractivity contribution is -0.140. The lowest BCUT2D eigenvalue weighted by Gasteiger charge is -2.34. The summed E-state index contributed by atoms with van der Waals surface area (Å²) in [6, 6.07) is 0. The molecule has 0 aromatic heterocycles. The molecule has 1 heterocycles. The predicted octanol–water partition coefficient (Wildman–Crippen LogP) is 1.93. The Morgan fingerprint density at radius 1 is 1.46 bits per heavy atom. The van der Waals surface area contributed by atoms with Crippen LogP contribution in [0.4, 0.5) is 0 Å². The van der Waals surface area contributed by atoms with Crippen molar-refractivity contribution in [1.82, 2.24) is 0 Å². The minimum atomic E-state index is -1.83. The van der Waals surface area contributed by atoms with Gasteiger partial charge in [-0.05, 0) is 50.0 Å². The summed E-state index contributed by atoms with van der Waals surface area (Å²) in [5, 5.41) is 29.1. The summed E-state index contributed by atoms with van der Waals surface area (Å²) >= 11 is 0. The Kier molecular flexibility index (Phi) is 5.59. The average Bonchev–Trinajstić information content (AvgIpc) is 2.51. The molecular weight excluding hydrogens is 308 g/mol. The Hall–Kier alpha value is -1.95. The maximum Gasteiger partial charge on any atom is 0.190 e. The molecule has 0 aromatic rings. The van der Waals surface area contributed by atoms with Crippen molar-refractivity contribution < 1.29 is 24.9 Å². The van der Waals surface area contributed by atoms with Gasteiger partial charge in [0, 0.05) is 12.2 Å². The zero-order valence-electron chi connectivity index (χ0n) is 14.2. The molecule has 3 atom stereocenters. The molecule has 3 unspecified atom stereocenters. The van der Waals surface area contributed by atoms with E-state index in [-0.39, 0.29) is 12.5 Å². The Bertz CT molecular complexity index is 661. The minimum absolute atomic E-state index is 0.158. The molecule has 0 bridgehead atoms. The molecule has 1 aliphatic heterocycles. The topological polar surface area (TPSA) is 87.0 Å². The molecule has 5 heteroatoms. The van der Waals surface area contributed by atoms with E-state index in [9.17, 15) is 15.0 Å².